The van der Waals surface area contributed by atoms with Gasteiger partial charge in [0.2, 0.25) is 0 Å². The van der Waals surface area contributed by atoms with Gasteiger partial charge < -0.3 is 34.2 Å². The number of rotatable bonds is 8. The van der Waals surface area contributed by atoms with E-state index in [1.165, 1.54) is 19.2 Å². The van der Waals surface area contributed by atoms with E-state index in [0.717, 1.165) is 20.8 Å². The van der Waals surface area contributed by atoms with Crippen LogP contribution < -0.4 is 15.6 Å². The maximum Gasteiger partial charge on any atom is 0.303 e. The third-order valence-corrected chi connectivity index (χ3v) is 5.66. The van der Waals surface area contributed by atoms with Crippen molar-refractivity contribution in [3.05, 3.63) is 40.2 Å². The zero-order valence-electron chi connectivity index (χ0n) is 21.6. The van der Waals surface area contributed by atoms with Crippen LogP contribution in [0.5, 0.6) is 5.75 Å². The number of nitrogens with one attached hydrogen (secondary N) is 1. The first-order chi connectivity index (χ1) is 19.0. The van der Waals surface area contributed by atoms with Gasteiger partial charge in [0, 0.05) is 26.3 Å². The Labute approximate surface area is 224 Å². The molecule has 40 heavy (non-hydrogen) atoms. The van der Waals surface area contributed by atoms with Crippen molar-refractivity contribution >= 4 is 40.7 Å². The largest absolute Gasteiger partial charge is 0.497 e. The van der Waals surface area contributed by atoms with Crippen LogP contribution in [0.1, 0.15) is 37.4 Å². The standard InChI is InChI=1S/C23H24N6O11/c1-10(30)37-9-15-18(38-11(2)31)19(39-12(3)32)23(40-15)28-22(34)17-16(25-27-28)20(26-29(17)35)24-21(33)13-5-7-14(36-4)8-6-13/h5-8,15,18-19,23,35H,9H2,1-4H3,(H,24,26,33). The number of nitrogens with zero attached hydrogens (tertiary/aromatic N) is 5. The topological polar surface area (TPSA) is 212 Å². The molecule has 0 bridgehead atoms. The fourth-order valence-electron chi connectivity index (χ4n) is 3.98. The molecule has 3 heterocycles. The summed E-state index contributed by atoms with van der Waals surface area (Å²) in [4.78, 5) is 61.3. The maximum atomic E-state index is 13.4. The number of anilines is 1. The molecular formula is C23H24N6O11. The molecule has 1 aliphatic rings. The Hall–Kier alpha value is -5.06. The lowest BCUT2D eigenvalue weighted by molar-refractivity contribution is -0.166. The quantitative estimate of drug-likeness (QED) is 0.208. The van der Waals surface area contributed by atoms with E-state index in [1.807, 2.05) is 0 Å². The first-order valence-electron chi connectivity index (χ1n) is 11.7. The second-order valence-electron chi connectivity index (χ2n) is 8.47. The number of methoxy groups -OCH3 is 1. The van der Waals surface area contributed by atoms with E-state index in [4.69, 9.17) is 23.7 Å². The van der Waals surface area contributed by atoms with Gasteiger partial charge in [-0.3, -0.25) is 24.0 Å². The minimum atomic E-state index is -1.52. The summed E-state index contributed by atoms with van der Waals surface area (Å²) in [6, 6.07) is 6.11. The van der Waals surface area contributed by atoms with E-state index in [9.17, 15) is 29.2 Å². The summed E-state index contributed by atoms with van der Waals surface area (Å²) in [6.45, 7) is 2.92. The maximum absolute atomic E-state index is 13.4. The van der Waals surface area contributed by atoms with Crippen molar-refractivity contribution in [2.45, 2.75) is 45.3 Å². The average Bonchev–Trinajstić information content (AvgIpc) is 3.39. The summed E-state index contributed by atoms with van der Waals surface area (Å²) in [5, 5.41) is 24.3. The number of esters is 3. The molecule has 2 N–H and O–H groups in total. The third kappa shape index (κ3) is 5.68. The summed E-state index contributed by atoms with van der Waals surface area (Å²) in [5.74, 6) is -2.60. The van der Waals surface area contributed by atoms with Gasteiger partial charge >= 0.3 is 23.5 Å². The number of carbonyl (C=O) groups is 4. The Morgan fingerprint density at radius 1 is 1.02 bits per heavy atom. The molecule has 1 fully saturated rings. The Bertz CT molecular complexity index is 1520. The molecule has 0 aliphatic carbocycles. The minimum absolute atomic E-state index is 0.197. The number of ether oxygens (including phenoxy) is 5. The van der Waals surface area contributed by atoms with Crippen molar-refractivity contribution in [3.63, 3.8) is 0 Å². The van der Waals surface area contributed by atoms with Crippen molar-refractivity contribution in [2.24, 2.45) is 0 Å². The molecule has 4 rings (SSSR count). The lowest BCUT2D eigenvalue weighted by Crippen LogP contribution is -2.42. The number of aromatic nitrogens is 5. The van der Waals surface area contributed by atoms with Crippen molar-refractivity contribution in [1.29, 1.82) is 0 Å². The van der Waals surface area contributed by atoms with Crippen LogP contribution in [-0.4, -0.2) is 86.0 Å². The molecule has 17 nitrogen and oxygen atoms in total. The summed E-state index contributed by atoms with van der Waals surface area (Å²) < 4.78 is 27.0. The first-order valence-corrected chi connectivity index (χ1v) is 11.7. The Balaban J connectivity index is 1.70. The number of hydrogen-bond donors (Lipinski definition) is 2. The molecule has 1 aliphatic heterocycles. The van der Waals surface area contributed by atoms with Crippen LogP contribution >= 0.6 is 0 Å². The third-order valence-electron chi connectivity index (χ3n) is 5.66. The fourth-order valence-corrected chi connectivity index (χ4v) is 3.98. The Morgan fingerprint density at radius 3 is 2.27 bits per heavy atom. The van der Waals surface area contributed by atoms with E-state index in [1.54, 1.807) is 12.1 Å². The van der Waals surface area contributed by atoms with Crippen LogP contribution in [0.3, 0.4) is 0 Å². The van der Waals surface area contributed by atoms with Crippen LogP contribution in [0.15, 0.2) is 29.1 Å². The molecule has 1 amide bonds. The van der Waals surface area contributed by atoms with Gasteiger partial charge in [-0.05, 0) is 24.3 Å². The highest BCUT2D eigenvalue weighted by molar-refractivity contribution is 6.07. The summed E-state index contributed by atoms with van der Waals surface area (Å²) >= 11 is 0. The van der Waals surface area contributed by atoms with Crippen molar-refractivity contribution in [1.82, 2.24) is 24.9 Å². The van der Waals surface area contributed by atoms with Crippen LogP contribution in [0.4, 0.5) is 5.82 Å². The zero-order valence-corrected chi connectivity index (χ0v) is 21.6. The van der Waals surface area contributed by atoms with E-state index in [0.29, 0.717) is 10.4 Å². The minimum Gasteiger partial charge on any atom is -0.497 e. The van der Waals surface area contributed by atoms with Gasteiger partial charge in [0.05, 0.1) is 7.11 Å². The summed E-state index contributed by atoms with van der Waals surface area (Å²) in [7, 11) is 1.47. The van der Waals surface area contributed by atoms with Crippen LogP contribution in [0.25, 0.3) is 11.0 Å². The molecule has 2 aromatic heterocycles. The second-order valence-corrected chi connectivity index (χ2v) is 8.47. The summed E-state index contributed by atoms with van der Waals surface area (Å²) in [6.07, 6.45) is -5.40. The molecular weight excluding hydrogens is 536 g/mol. The average molecular weight is 560 g/mol. The number of fused-ring (bicyclic) bond motifs is 1. The van der Waals surface area contributed by atoms with Crippen LogP contribution in [0.2, 0.25) is 0 Å². The molecule has 0 saturated carbocycles. The number of carbonyl (C=O) groups excluding carboxylic acids is 4. The van der Waals surface area contributed by atoms with Gasteiger partial charge in [-0.2, -0.15) is 4.68 Å². The van der Waals surface area contributed by atoms with E-state index in [-0.39, 0.29) is 21.7 Å². The first kappa shape index (κ1) is 28.0. The van der Waals surface area contributed by atoms with Crippen molar-refractivity contribution < 1.29 is 48.1 Å². The van der Waals surface area contributed by atoms with Gasteiger partial charge in [-0.25, -0.2) is 0 Å². The number of hydrogen-bond acceptors (Lipinski definition) is 14. The van der Waals surface area contributed by atoms with E-state index in [2.05, 4.69) is 20.7 Å². The van der Waals surface area contributed by atoms with Gasteiger partial charge in [-0.15, -0.1) is 10.2 Å². The van der Waals surface area contributed by atoms with Gasteiger partial charge in [0.15, 0.2) is 35.3 Å². The summed E-state index contributed by atoms with van der Waals surface area (Å²) in [5.41, 5.74) is -1.55. The van der Waals surface area contributed by atoms with Gasteiger partial charge in [-0.1, -0.05) is 10.1 Å². The molecule has 17 heteroatoms. The normalized spacial score (nSPS) is 20.1. The van der Waals surface area contributed by atoms with Gasteiger partial charge in [0.25, 0.3) is 5.91 Å². The van der Waals surface area contributed by atoms with E-state index >= 15 is 0 Å². The van der Waals surface area contributed by atoms with Gasteiger partial charge in [0.1, 0.15) is 18.5 Å². The molecule has 4 unspecified atom stereocenters. The monoisotopic (exact) mass is 560 g/mol. The SMILES string of the molecule is COc1ccc(C(=O)Nc2nn(O)c3c(=O)n(C4OC(COC(C)=O)C(OC(C)=O)C4OC(C)=O)nnc23)cc1. The van der Waals surface area contributed by atoms with E-state index < -0.39 is 66.0 Å². The lowest BCUT2D eigenvalue weighted by atomic mass is 10.1. The second kappa shape index (κ2) is 11.4. The predicted molar refractivity (Wildman–Crippen MR) is 129 cm³/mol. The molecule has 0 spiro atoms. The van der Waals surface area contributed by atoms with Crippen LogP contribution in [-0.2, 0) is 33.3 Å². The molecule has 3 aromatic rings. The molecule has 4 atom stereocenters. The number of amides is 1. The zero-order chi connectivity index (χ0) is 29.1. The highest BCUT2D eigenvalue weighted by Gasteiger charge is 2.51. The number of benzene rings is 1. The Kier molecular flexibility index (Phi) is 7.94. The fraction of sp³-hybridized carbons (Fsp3) is 0.391. The molecule has 0 radical (unpaired) electrons. The predicted octanol–water partition coefficient (Wildman–Crippen LogP) is -0.190. The molecule has 1 aromatic carbocycles. The molecule has 1 saturated heterocycles. The molecule has 212 valence electrons. The van der Waals surface area contributed by atoms with Crippen molar-refractivity contribution in [2.75, 3.05) is 19.0 Å². The highest BCUT2D eigenvalue weighted by atomic mass is 16.7. The van der Waals surface area contributed by atoms with Crippen LogP contribution in [0, 0.1) is 0 Å². The smallest absolute Gasteiger partial charge is 0.303 e. The highest BCUT2D eigenvalue weighted by Crippen LogP contribution is 2.33. The van der Waals surface area contributed by atoms with Crippen molar-refractivity contribution in [3.8, 4) is 5.75 Å². The Morgan fingerprint density at radius 2 is 1.68 bits per heavy atom. The lowest BCUT2D eigenvalue weighted by Gasteiger charge is -2.23.